The third-order valence-electron chi connectivity index (χ3n) is 2.30. The van der Waals surface area contributed by atoms with Crippen LogP contribution >= 0.6 is 15.9 Å². The highest BCUT2D eigenvalue weighted by molar-refractivity contribution is 9.10. The molecule has 0 aliphatic carbocycles. The van der Waals surface area contributed by atoms with Gasteiger partial charge in [0.05, 0.1) is 11.8 Å². The van der Waals surface area contributed by atoms with Gasteiger partial charge in [0.25, 0.3) is 0 Å². The number of halogens is 2. The third-order valence-corrected chi connectivity index (χ3v) is 2.76. The first-order chi connectivity index (χ1) is 7.00. The average molecular weight is 273 g/mol. The van der Waals surface area contributed by atoms with Crippen molar-refractivity contribution in [2.24, 2.45) is 7.05 Å². The molecule has 0 saturated heterocycles. The summed E-state index contributed by atoms with van der Waals surface area (Å²) in [5.74, 6) is -0.387. The maximum absolute atomic E-state index is 13.5. The van der Waals surface area contributed by atoms with Crippen LogP contribution < -0.4 is 0 Å². The molecule has 0 bridgehead atoms. The predicted molar refractivity (Wildman–Crippen MR) is 59.0 cm³/mol. The van der Waals surface area contributed by atoms with Crippen LogP contribution in [-0.4, -0.2) is 14.9 Å². The molecule has 0 aliphatic heterocycles. The molecule has 0 saturated carbocycles. The Labute approximate surface area is 94.6 Å². The van der Waals surface area contributed by atoms with Crippen LogP contribution in [0.5, 0.6) is 0 Å². The number of aliphatic hydroxyl groups is 1. The number of rotatable bonds is 1. The van der Waals surface area contributed by atoms with Crippen LogP contribution in [0.25, 0.3) is 10.9 Å². The molecule has 1 unspecified atom stereocenters. The lowest BCUT2D eigenvalue weighted by Gasteiger charge is -2.04. The van der Waals surface area contributed by atoms with Crippen LogP contribution in [0.4, 0.5) is 4.39 Å². The highest BCUT2D eigenvalue weighted by atomic mass is 79.9. The topological polar surface area (TPSA) is 38.1 Å². The second-order valence-corrected chi connectivity index (χ2v) is 4.38. The molecule has 1 N–H and O–H groups in total. The molecule has 1 atom stereocenters. The Balaban J connectivity index is 2.86. The van der Waals surface area contributed by atoms with Crippen LogP contribution in [0, 0.1) is 5.82 Å². The minimum absolute atomic E-state index is 0.289. The molecule has 0 aliphatic rings. The first-order valence-electron chi connectivity index (χ1n) is 4.50. The Morgan fingerprint density at radius 1 is 1.53 bits per heavy atom. The van der Waals surface area contributed by atoms with Gasteiger partial charge in [0.1, 0.15) is 5.52 Å². The molecule has 0 fully saturated rings. The molecule has 1 aromatic carbocycles. The number of fused-ring (bicyclic) bond motifs is 1. The summed E-state index contributed by atoms with van der Waals surface area (Å²) in [6.07, 6.45) is -0.673. The van der Waals surface area contributed by atoms with Crippen molar-refractivity contribution in [2.45, 2.75) is 13.0 Å². The van der Waals surface area contributed by atoms with Gasteiger partial charge in [-0.05, 0) is 19.1 Å². The maximum Gasteiger partial charge on any atom is 0.152 e. The highest BCUT2D eigenvalue weighted by Crippen LogP contribution is 2.28. The monoisotopic (exact) mass is 272 g/mol. The summed E-state index contributed by atoms with van der Waals surface area (Å²) in [6, 6.07) is 3.12. The zero-order valence-corrected chi connectivity index (χ0v) is 9.92. The fourth-order valence-electron chi connectivity index (χ4n) is 1.74. The van der Waals surface area contributed by atoms with Gasteiger partial charge >= 0.3 is 0 Å². The Hall–Kier alpha value is -0.940. The van der Waals surface area contributed by atoms with E-state index in [1.165, 1.54) is 10.7 Å². The van der Waals surface area contributed by atoms with E-state index < -0.39 is 6.10 Å². The number of benzene rings is 1. The summed E-state index contributed by atoms with van der Waals surface area (Å²) in [7, 11) is 1.69. The van der Waals surface area contributed by atoms with Gasteiger partial charge < -0.3 is 5.11 Å². The van der Waals surface area contributed by atoms with Crippen molar-refractivity contribution in [3.05, 3.63) is 28.1 Å². The van der Waals surface area contributed by atoms with E-state index in [0.717, 1.165) is 0 Å². The third kappa shape index (κ3) is 1.66. The molecule has 2 rings (SSSR count). The van der Waals surface area contributed by atoms with Crippen molar-refractivity contribution < 1.29 is 9.50 Å². The van der Waals surface area contributed by atoms with E-state index in [2.05, 4.69) is 21.0 Å². The van der Waals surface area contributed by atoms with Gasteiger partial charge in [-0.25, -0.2) is 4.39 Å². The lowest BCUT2D eigenvalue weighted by molar-refractivity contribution is 0.190. The van der Waals surface area contributed by atoms with Gasteiger partial charge in [0, 0.05) is 16.9 Å². The van der Waals surface area contributed by atoms with Gasteiger partial charge in [-0.15, -0.1) is 0 Å². The van der Waals surface area contributed by atoms with E-state index in [1.807, 2.05) is 0 Å². The van der Waals surface area contributed by atoms with Gasteiger partial charge in [0.15, 0.2) is 5.82 Å². The van der Waals surface area contributed by atoms with Gasteiger partial charge in [-0.3, -0.25) is 4.68 Å². The van der Waals surface area contributed by atoms with Crippen LogP contribution in [0.3, 0.4) is 0 Å². The maximum atomic E-state index is 13.5. The van der Waals surface area contributed by atoms with Gasteiger partial charge in [0.2, 0.25) is 0 Å². The van der Waals surface area contributed by atoms with E-state index in [-0.39, 0.29) is 11.3 Å². The fraction of sp³-hybridized carbons (Fsp3) is 0.300. The van der Waals surface area contributed by atoms with E-state index >= 15 is 0 Å². The smallest absolute Gasteiger partial charge is 0.152 e. The van der Waals surface area contributed by atoms with E-state index in [1.54, 1.807) is 20.0 Å². The fourth-order valence-corrected chi connectivity index (χ4v) is 2.17. The minimum atomic E-state index is -0.673. The molecule has 2 aromatic rings. The first-order valence-corrected chi connectivity index (χ1v) is 5.29. The minimum Gasteiger partial charge on any atom is -0.387 e. The summed E-state index contributed by atoms with van der Waals surface area (Å²) in [5, 5.41) is 14.2. The molecule has 1 aromatic heterocycles. The summed E-state index contributed by atoms with van der Waals surface area (Å²) < 4.78 is 15.7. The molecule has 0 spiro atoms. The van der Waals surface area contributed by atoms with Crippen molar-refractivity contribution in [1.29, 1.82) is 0 Å². The number of hydrogen-bond donors (Lipinski definition) is 1. The van der Waals surface area contributed by atoms with Crippen LogP contribution in [-0.2, 0) is 7.05 Å². The molecule has 5 heteroatoms. The van der Waals surface area contributed by atoms with Crippen LogP contribution in [0.2, 0.25) is 0 Å². The molecule has 0 amide bonds. The predicted octanol–water partition coefficient (Wildman–Crippen LogP) is 2.53. The molecule has 80 valence electrons. The van der Waals surface area contributed by atoms with Crippen molar-refractivity contribution in [1.82, 2.24) is 9.78 Å². The molecule has 3 nitrogen and oxygen atoms in total. The van der Waals surface area contributed by atoms with E-state index in [9.17, 15) is 9.50 Å². The number of nitrogens with zero attached hydrogens (tertiary/aromatic N) is 2. The number of hydrogen-bond acceptors (Lipinski definition) is 2. The lowest BCUT2D eigenvalue weighted by atomic mass is 10.1. The van der Waals surface area contributed by atoms with E-state index in [0.29, 0.717) is 15.6 Å². The second-order valence-electron chi connectivity index (χ2n) is 3.47. The second kappa shape index (κ2) is 3.57. The Morgan fingerprint density at radius 3 is 2.80 bits per heavy atom. The summed E-state index contributed by atoms with van der Waals surface area (Å²) in [4.78, 5) is 0. The number of aliphatic hydroxyl groups excluding tert-OH is 1. The zero-order chi connectivity index (χ0) is 11.2. The van der Waals surface area contributed by atoms with E-state index in [4.69, 9.17) is 0 Å². The molecular weight excluding hydrogens is 263 g/mol. The highest BCUT2D eigenvalue weighted by Gasteiger charge is 2.16. The SMILES string of the molecule is CC(O)c1c2cc(Br)cc(F)c2nn1C. The summed E-state index contributed by atoms with van der Waals surface area (Å²) >= 11 is 3.22. The largest absolute Gasteiger partial charge is 0.387 e. The number of aryl methyl sites for hydroxylation is 1. The van der Waals surface area contributed by atoms with Crippen molar-refractivity contribution >= 4 is 26.8 Å². The quantitative estimate of drug-likeness (QED) is 0.867. The molecule has 15 heavy (non-hydrogen) atoms. The Bertz CT molecular complexity index is 522. The van der Waals surface area contributed by atoms with Crippen LogP contribution in [0.1, 0.15) is 18.7 Å². The molecule has 0 radical (unpaired) electrons. The van der Waals surface area contributed by atoms with Gasteiger partial charge in [-0.1, -0.05) is 15.9 Å². The van der Waals surface area contributed by atoms with Crippen molar-refractivity contribution in [3.8, 4) is 0 Å². The Morgan fingerprint density at radius 2 is 2.20 bits per heavy atom. The molecule has 1 heterocycles. The van der Waals surface area contributed by atoms with Gasteiger partial charge in [-0.2, -0.15) is 5.10 Å². The molecular formula is C10H10BrFN2O. The normalized spacial score (nSPS) is 13.4. The summed E-state index contributed by atoms with van der Waals surface area (Å²) in [5.41, 5.74) is 0.904. The van der Waals surface area contributed by atoms with Crippen molar-refractivity contribution in [3.63, 3.8) is 0 Å². The standard InChI is InChI=1S/C10H10BrFN2O/c1-5(15)10-7-3-6(11)4-8(12)9(7)13-14(10)2/h3-5,15H,1-2H3. The lowest BCUT2D eigenvalue weighted by Crippen LogP contribution is -2.01. The average Bonchev–Trinajstić information content (AvgIpc) is 2.41. The Kier molecular flexibility index (Phi) is 2.52. The zero-order valence-electron chi connectivity index (χ0n) is 8.33. The number of aromatic nitrogens is 2. The summed E-state index contributed by atoms with van der Waals surface area (Å²) in [6.45, 7) is 1.63. The first kappa shape index (κ1) is 10.6. The van der Waals surface area contributed by atoms with Crippen molar-refractivity contribution in [2.75, 3.05) is 0 Å². The van der Waals surface area contributed by atoms with Crippen LogP contribution in [0.15, 0.2) is 16.6 Å².